The molecular weight excluding hydrogens is 354 g/mol. The van der Waals surface area contributed by atoms with Crippen LogP contribution in [-0.2, 0) is 0 Å². The molecule has 1 heterocycles. The minimum atomic E-state index is -0.548. The molecule has 88 valence electrons. The summed E-state index contributed by atoms with van der Waals surface area (Å²) in [6.07, 6.45) is 0. The monoisotopic (exact) mass is 359 g/mol. The predicted octanol–water partition coefficient (Wildman–Crippen LogP) is 1.47. The summed E-state index contributed by atoms with van der Waals surface area (Å²) < 4.78 is 2.59. The molecule has 0 unspecified atom stereocenters. The van der Waals surface area contributed by atoms with Gasteiger partial charge >= 0.3 is 0 Å². The van der Waals surface area contributed by atoms with E-state index in [0.29, 0.717) is 16.0 Å². The molecule has 8 heteroatoms. The van der Waals surface area contributed by atoms with Gasteiger partial charge in [-0.05, 0) is 34.1 Å². The van der Waals surface area contributed by atoms with Crippen LogP contribution in [0.3, 0.4) is 0 Å². The van der Waals surface area contributed by atoms with Gasteiger partial charge in [-0.1, -0.05) is 15.9 Å². The Morgan fingerprint density at radius 2 is 2.06 bits per heavy atom. The number of primary amides is 1. The minimum absolute atomic E-state index is 0.104. The van der Waals surface area contributed by atoms with Crippen LogP contribution < -0.4 is 11.5 Å². The van der Waals surface area contributed by atoms with E-state index in [0.717, 1.165) is 4.47 Å². The van der Waals surface area contributed by atoms with Crippen LogP contribution >= 0.6 is 31.9 Å². The maximum atomic E-state index is 11.3. The lowest BCUT2D eigenvalue weighted by molar-refractivity contribution is 0.1000. The summed E-state index contributed by atoms with van der Waals surface area (Å²) in [6.45, 7) is 0. The highest BCUT2D eigenvalue weighted by Crippen LogP contribution is 2.23. The normalized spacial score (nSPS) is 10.5. The molecule has 0 bridgehead atoms. The third kappa shape index (κ3) is 2.32. The number of amides is 1. The third-order valence-electron chi connectivity index (χ3n) is 2.04. The molecule has 4 N–H and O–H groups in total. The summed E-state index contributed by atoms with van der Waals surface area (Å²) in [4.78, 5) is 15.2. The van der Waals surface area contributed by atoms with Crippen LogP contribution in [-0.4, -0.2) is 20.7 Å². The van der Waals surface area contributed by atoms with Crippen molar-refractivity contribution in [3.63, 3.8) is 0 Å². The van der Waals surface area contributed by atoms with E-state index in [1.165, 1.54) is 4.68 Å². The van der Waals surface area contributed by atoms with Gasteiger partial charge in [-0.3, -0.25) is 4.79 Å². The summed E-state index contributed by atoms with van der Waals surface area (Å²) in [5.41, 5.74) is 11.6. The Kier molecular flexibility index (Phi) is 3.16. The summed E-state index contributed by atoms with van der Waals surface area (Å²) in [7, 11) is 0. The molecule has 1 aromatic heterocycles. The quantitative estimate of drug-likeness (QED) is 0.846. The van der Waals surface area contributed by atoms with E-state index in [9.17, 15) is 4.79 Å². The number of nitrogens with two attached hydrogens (primary N) is 2. The molecular formula is C9H7Br2N5O. The van der Waals surface area contributed by atoms with Crippen LogP contribution in [0, 0.1) is 0 Å². The van der Waals surface area contributed by atoms with Gasteiger partial charge in [0.25, 0.3) is 5.91 Å². The molecule has 0 radical (unpaired) electrons. The largest absolute Gasteiger partial charge is 0.366 e. The highest BCUT2D eigenvalue weighted by molar-refractivity contribution is 9.10. The molecule has 0 saturated carbocycles. The number of carbonyl (C=O) groups excluding carboxylic acids is 1. The van der Waals surface area contributed by atoms with Crippen molar-refractivity contribution in [2.45, 2.75) is 0 Å². The molecule has 0 aliphatic heterocycles. The third-order valence-corrected chi connectivity index (χ3v) is 3.04. The van der Waals surface area contributed by atoms with Crippen molar-refractivity contribution < 1.29 is 4.79 Å². The Bertz CT molecular complexity index is 595. The Balaban J connectivity index is 2.69. The Morgan fingerprint density at radius 1 is 1.35 bits per heavy atom. The summed E-state index contributed by atoms with van der Waals surface area (Å²) in [6, 6.07) is 5.03. The lowest BCUT2D eigenvalue weighted by Gasteiger charge is -2.07. The summed E-state index contributed by atoms with van der Waals surface area (Å²) in [5.74, 6) is -0.444. The van der Waals surface area contributed by atoms with Crippen molar-refractivity contribution in [2.24, 2.45) is 5.73 Å². The fourth-order valence-electron chi connectivity index (χ4n) is 1.35. The van der Waals surface area contributed by atoms with Crippen LogP contribution in [0.1, 0.15) is 10.4 Å². The number of hydrogen-bond acceptors (Lipinski definition) is 4. The fourth-order valence-corrected chi connectivity index (χ4v) is 2.15. The average molecular weight is 361 g/mol. The first kappa shape index (κ1) is 12.1. The van der Waals surface area contributed by atoms with E-state index < -0.39 is 5.91 Å². The molecule has 1 aromatic carbocycles. The van der Waals surface area contributed by atoms with Crippen molar-refractivity contribution in [3.8, 4) is 5.69 Å². The van der Waals surface area contributed by atoms with E-state index in [1.807, 2.05) is 0 Å². The van der Waals surface area contributed by atoms with Crippen LogP contribution in [0.5, 0.6) is 0 Å². The molecule has 1 amide bonds. The van der Waals surface area contributed by atoms with Crippen molar-refractivity contribution in [1.82, 2.24) is 14.8 Å². The van der Waals surface area contributed by atoms with E-state index in [2.05, 4.69) is 41.9 Å². The smallest absolute Gasteiger partial charge is 0.250 e. The first-order chi connectivity index (χ1) is 7.99. The molecule has 2 rings (SSSR count). The van der Waals surface area contributed by atoms with E-state index in [4.69, 9.17) is 11.5 Å². The molecule has 0 fully saturated rings. The Labute approximate surface area is 113 Å². The second-order valence-corrected chi connectivity index (χ2v) is 4.80. The zero-order chi connectivity index (χ0) is 12.6. The van der Waals surface area contributed by atoms with Crippen LogP contribution in [0.15, 0.2) is 27.4 Å². The number of rotatable bonds is 2. The molecule has 17 heavy (non-hydrogen) atoms. The van der Waals surface area contributed by atoms with Gasteiger partial charge in [0.05, 0.1) is 11.3 Å². The van der Waals surface area contributed by atoms with E-state index in [1.54, 1.807) is 18.2 Å². The van der Waals surface area contributed by atoms with Crippen molar-refractivity contribution >= 4 is 43.7 Å². The standard InChI is InChI=1S/C9H7Br2N5O/c10-4-1-2-5(7(12)17)6(3-4)16-8(11)14-9(13)15-16/h1-3H,(H2,12,17)(H2,13,15). The maximum Gasteiger partial charge on any atom is 0.250 e. The molecule has 0 aliphatic rings. The predicted molar refractivity (Wildman–Crippen MR) is 69.7 cm³/mol. The zero-order valence-electron chi connectivity index (χ0n) is 8.39. The number of aromatic nitrogens is 3. The van der Waals surface area contributed by atoms with Gasteiger partial charge in [-0.25, -0.2) is 4.68 Å². The van der Waals surface area contributed by atoms with Gasteiger partial charge in [-0.2, -0.15) is 4.98 Å². The minimum Gasteiger partial charge on any atom is -0.366 e. The molecule has 2 aromatic rings. The number of hydrogen-bond donors (Lipinski definition) is 2. The van der Waals surface area contributed by atoms with Gasteiger partial charge in [0.15, 0.2) is 0 Å². The van der Waals surface area contributed by atoms with Gasteiger partial charge < -0.3 is 11.5 Å². The Hall–Kier alpha value is -1.41. The number of benzene rings is 1. The van der Waals surface area contributed by atoms with Crippen LogP contribution in [0.4, 0.5) is 5.95 Å². The maximum absolute atomic E-state index is 11.3. The number of nitrogen functional groups attached to an aromatic ring is 1. The Morgan fingerprint density at radius 3 is 2.59 bits per heavy atom. The van der Waals surface area contributed by atoms with E-state index >= 15 is 0 Å². The molecule has 0 spiro atoms. The second-order valence-electron chi connectivity index (χ2n) is 3.18. The lowest BCUT2D eigenvalue weighted by atomic mass is 10.2. The topological polar surface area (TPSA) is 99.8 Å². The van der Waals surface area contributed by atoms with Crippen molar-refractivity contribution in [2.75, 3.05) is 5.73 Å². The lowest BCUT2D eigenvalue weighted by Crippen LogP contribution is -2.15. The number of anilines is 1. The van der Waals surface area contributed by atoms with Gasteiger partial charge in [0.1, 0.15) is 0 Å². The van der Waals surface area contributed by atoms with Gasteiger partial charge in [0.2, 0.25) is 10.7 Å². The number of halogens is 2. The van der Waals surface area contributed by atoms with Crippen molar-refractivity contribution in [3.05, 3.63) is 33.0 Å². The molecule has 0 aliphatic carbocycles. The van der Waals surface area contributed by atoms with Gasteiger partial charge in [-0.15, -0.1) is 5.10 Å². The molecule has 0 saturated heterocycles. The second kappa shape index (κ2) is 4.46. The first-order valence-corrected chi connectivity index (χ1v) is 6.05. The summed E-state index contributed by atoms with van der Waals surface area (Å²) >= 11 is 6.52. The average Bonchev–Trinajstić information content (AvgIpc) is 2.57. The molecule has 0 atom stereocenters. The van der Waals surface area contributed by atoms with Crippen LogP contribution in [0.2, 0.25) is 0 Å². The number of nitrogens with zero attached hydrogens (tertiary/aromatic N) is 3. The summed E-state index contributed by atoms with van der Waals surface area (Å²) in [5, 5.41) is 3.97. The van der Waals surface area contributed by atoms with Gasteiger partial charge in [0, 0.05) is 4.47 Å². The SMILES string of the molecule is NC(=O)c1ccc(Br)cc1-n1nc(N)nc1Br. The number of carbonyl (C=O) groups is 1. The van der Waals surface area contributed by atoms with Crippen molar-refractivity contribution in [1.29, 1.82) is 0 Å². The first-order valence-electron chi connectivity index (χ1n) is 4.47. The highest BCUT2D eigenvalue weighted by Gasteiger charge is 2.15. The van der Waals surface area contributed by atoms with Crippen LogP contribution in [0.25, 0.3) is 5.69 Å². The zero-order valence-corrected chi connectivity index (χ0v) is 11.6. The van der Waals surface area contributed by atoms with E-state index in [-0.39, 0.29) is 5.95 Å². The molecule has 6 nitrogen and oxygen atoms in total. The fraction of sp³-hybridized carbons (Fsp3) is 0. The highest BCUT2D eigenvalue weighted by atomic mass is 79.9.